The maximum absolute atomic E-state index is 12.2. The van der Waals surface area contributed by atoms with Crippen LogP contribution >= 0.6 is 0 Å². The molecule has 0 saturated carbocycles. The van der Waals surface area contributed by atoms with Gasteiger partial charge in [-0.1, -0.05) is 6.07 Å². The topological polar surface area (TPSA) is 70.6 Å². The number of benzene rings is 2. The van der Waals surface area contributed by atoms with Gasteiger partial charge in [-0.3, -0.25) is 0 Å². The van der Waals surface area contributed by atoms with Crippen molar-refractivity contribution in [2.75, 3.05) is 5.32 Å². The molecule has 0 bridgehead atoms. The lowest BCUT2D eigenvalue weighted by Crippen LogP contribution is -2.31. The number of ether oxygens (including phenoxy) is 1. The van der Waals surface area contributed by atoms with E-state index in [9.17, 15) is 9.90 Å². The van der Waals surface area contributed by atoms with Crippen LogP contribution < -0.4 is 15.4 Å². The van der Waals surface area contributed by atoms with Gasteiger partial charge in [-0.05, 0) is 74.2 Å². The Balaban J connectivity index is 1.60. The zero-order valence-electron chi connectivity index (χ0n) is 13.9. The van der Waals surface area contributed by atoms with E-state index in [2.05, 4.69) is 10.6 Å². The van der Waals surface area contributed by atoms with Crippen LogP contribution in [0.4, 0.5) is 10.5 Å². The first-order valence-corrected chi connectivity index (χ1v) is 8.17. The molecule has 3 rings (SSSR count). The number of nitrogens with one attached hydrogen (secondary N) is 2. The minimum absolute atomic E-state index is 0.0735. The van der Waals surface area contributed by atoms with Crippen LogP contribution in [0.1, 0.15) is 37.4 Å². The molecule has 126 valence electrons. The van der Waals surface area contributed by atoms with Crippen LogP contribution in [-0.2, 0) is 6.42 Å². The molecule has 1 atom stereocenters. The highest BCUT2D eigenvalue weighted by Gasteiger charge is 2.24. The minimum atomic E-state index is -0.256. The number of hydrogen-bond acceptors (Lipinski definition) is 3. The van der Waals surface area contributed by atoms with Crippen molar-refractivity contribution in [3.63, 3.8) is 0 Å². The van der Waals surface area contributed by atoms with E-state index in [1.165, 1.54) is 5.56 Å². The second kappa shape index (κ2) is 6.83. The third-order valence-electron chi connectivity index (χ3n) is 4.00. The molecule has 1 aliphatic carbocycles. The third-order valence-corrected chi connectivity index (χ3v) is 4.00. The molecule has 2 aromatic rings. The molecule has 0 heterocycles. The van der Waals surface area contributed by atoms with Crippen molar-refractivity contribution in [2.24, 2.45) is 0 Å². The van der Waals surface area contributed by atoms with E-state index in [0.717, 1.165) is 24.2 Å². The van der Waals surface area contributed by atoms with E-state index in [0.29, 0.717) is 5.69 Å². The summed E-state index contributed by atoms with van der Waals surface area (Å²) in [6, 6.07) is 12.3. The molecular weight excluding hydrogens is 304 g/mol. The van der Waals surface area contributed by atoms with Gasteiger partial charge < -0.3 is 20.5 Å². The number of carbonyl (C=O) groups excluding carboxylic acids is 1. The molecule has 3 N–H and O–H groups in total. The normalized spacial score (nSPS) is 15.9. The van der Waals surface area contributed by atoms with Crippen LogP contribution in [0.3, 0.4) is 0 Å². The van der Waals surface area contributed by atoms with E-state index in [4.69, 9.17) is 4.74 Å². The fourth-order valence-electron chi connectivity index (χ4n) is 2.95. The van der Waals surface area contributed by atoms with Crippen LogP contribution in [0.15, 0.2) is 42.5 Å². The average molecular weight is 326 g/mol. The van der Waals surface area contributed by atoms with Crippen LogP contribution in [-0.4, -0.2) is 17.2 Å². The Kier molecular flexibility index (Phi) is 4.60. The highest BCUT2D eigenvalue weighted by molar-refractivity contribution is 5.89. The molecule has 1 aliphatic rings. The Hall–Kier alpha value is -2.69. The SMILES string of the molecule is CC(C)Oc1ccc(NC(=O)NC2CCc3ccc(O)cc32)cc1. The zero-order chi connectivity index (χ0) is 17.1. The van der Waals surface area contributed by atoms with Crippen LogP contribution in [0.2, 0.25) is 0 Å². The maximum Gasteiger partial charge on any atom is 0.319 e. The van der Waals surface area contributed by atoms with Gasteiger partial charge in [-0.2, -0.15) is 0 Å². The number of urea groups is 1. The molecule has 0 radical (unpaired) electrons. The maximum atomic E-state index is 12.2. The second-order valence-corrected chi connectivity index (χ2v) is 6.26. The smallest absolute Gasteiger partial charge is 0.319 e. The number of phenolic OH excluding ortho intramolecular Hbond substituents is 1. The first-order valence-electron chi connectivity index (χ1n) is 8.17. The van der Waals surface area contributed by atoms with E-state index in [1.807, 2.05) is 44.2 Å². The molecule has 1 unspecified atom stereocenters. The molecular formula is C19H22N2O3. The summed E-state index contributed by atoms with van der Waals surface area (Å²) in [5, 5.41) is 15.4. The van der Waals surface area contributed by atoms with Gasteiger partial charge in [0.25, 0.3) is 0 Å². The van der Waals surface area contributed by atoms with E-state index >= 15 is 0 Å². The van der Waals surface area contributed by atoms with Crippen molar-refractivity contribution in [3.8, 4) is 11.5 Å². The summed E-state index contributed by atoms with van der Waals surface area (Å²) < 4.78 is 5.58. The molecule has 0 aromatic heterocycles. The molecule has 0 fully saturated rings. The van der Waals surface area contributed by atoms with Gasteiger partial charge in [0.15, 0.2) is 0 Å². The van der Waals surface area contributed by atoms with Crippen molar-refractivity contribution in [2.45, 2.75) is 38.8 Å². The number of phenols is 1. The summed E-state index contributed by atoms with van der Waals surface area (Å²) in [6.07, 6.45) is 1.86. The number of fused-ring (bicyclic) bond motifs is 1. The molecule has 0 aliphatic heterocycles. The summed E-state index contributed by atoms with van der Waals surface area (Å²) in [6.45, 7) is 3.94. The minimum Gasteiger partial charge on any atom is -0.508 e. The summed E-state index contributed by atoms with van der Waals surface area (Å²) in [4.78, 5) is 12.2. The van der Waals surface area contributed by atoms with Crippen LogP contribution in [0.5, 0.6) is 11.5 Å². The Morgan fingerprint density at radius 3 is 2.67 bits per heavy atom. The molecule has 5 heteroatoms. The second-order valence-electron chi connectivity index (χ2n) is 6.26. The average Bonchev–Trinajstić information content (AvgIpc) is 2.91. The molecule has 2 aromatic carbocycles. The highest BCUT2D eigenvalue weighted by atomic mass is 16.5. The van der Waals surface area contributed by atoms with Crippen molar-refractivity contribution < 1.29 is 14.6 Å². The van der Waals surface area contributed by atoms with Crippen molar-refractivity contribution >= 4 is 11.7 Å². The third kappa shape index (κ3) is 3.79. The summed E-state index contributed by atoms with van der Waals surface area (Å²) in [5.41, 5.74) is 2.87. The number of amides is 2. The van der Waals surface area contributed by atoms with Crippen molar-refractivity contribution in [1.82, 2.24) is 5.32 Å². The fourth-order valence-corrected chi connectivity index (χ4v) is 2.95. The van der Waals surface area contributed by atoms with Gasteiger partial charge in [0, 0.05) is 5.69 Å². The number of aryl methyl sites for hydroxylation is 1. The number of hydrogen-bond donors (Lipinski definition) is 3. The highest BCUT2D eigenvalue weighted by Crippen LogP contribution is 2.33. The lowest BCUT2D eigenvalue weighted by molar-refractivity contribution is 0.242. The monoisotopic (exact) mass is 326 g/mol. The first kappa shape index (κ1) is 16.2. The lowest BCUT2D eigenvalue weighted by Gasteiger charge is -2.15. The van der Waals surface area contributed by atoms with Gasteiger partial charge in [0.05, 0.1) is 12.1 Å². The summed E-state index contributed by atoms with van der Waals surface area (Å²) >= 11 is 0. The number of anilines is 1. The van der Waals surface area contributed by atoms with Gasteiger partial charge >= 0.3 is 6.03 Å². The van der Waals surface area contributed by atoms with Gasteiger partial charge in [-0.25, -0.2) is 4.79 Å². The van der Waals surface area contributed by atoms with E-state index in [-0.39, 0.29) is 23.9 Å². The molecule has 24 heavy (non-hydrogen) atoms. The summed E-state index contributed by atoms with van der Waals surface area (Å²) in [7, 11) is 0. The van der Waals surface area contributed by atoms with E-state index in [1.54, 1.807) is 12.1 Å². The van der Waals surface area contributed by atoms with Gasteiger partial charge in [0.2, 0.25) is 0 Å². The van der Waals surface area contributed by atoms with Crippen molar-refractivity contribution in [3.05, 3.63) is 53.6 Å². The number of rotatable bonds is 4. The molecule has 0 spiro atoms. The number of aromatic hydroxyl groups is 1. The molecule has 0 saturated heterocycles. The Bertz CT molecular complexity index is 726. The predicted octanol–water partition coefficient (Wildman–Crippen LogP) is 3.99. The largest absolute Gasteiger partial charge is 0.508 e. The predicted molar refractivity (Wildman–Crippen MR) is 93.5 cm³/mol. The fraction of sp³-hybridized carbons (Fsp3) is 0.316. The standard InChI is InChI=1S/C19H22N2O3/c1-12(2)24-16-8-5-14(6-9-16)20-19(23)21-18-10-4-13-3-7-15(22)11-17(13)18/h3,5-9,11-12,18,22H,4,10H2,1-2H3,(H2,20,21,23). The first-order chi connectivity index (χ1) is 11.5. The Morgan fingerprint density at radius 1 is 1.21 bits per heavy atom. The lowest BCUT2D eigenvalue weighted by atomic mass is 10.1. The Morgan fingerprint density at radius 2 is 1.96 bits per heavy atom. The number of carbonyl (C=O) groups is 1. The van der Waals surface area contributed by atoms with E-state index < -0.39 is 0 Å². The van der Waals surface area contributed by atoms with Crippen LogP contribution in [0, 0.1) is 0 Å². The molecule has 2 amide bonds. The van der Waals surface area contributed by atoms with Gasteiger partial charge in [0.1, 0.15) is 11.5 Å². The van der Waals surface area contributed by atoms with Crippen LogP contribution in [0.25, 0.3) is 0 Å². The molecule has 5 nitrogen and oxygen atoms in total. The Labute approximate surface area is 141 Å². The quantitative estimate of drug-likeness (QED) is 0.795. The zero-order valence-corrected chi connectivity index (χ0v) is 13.9. The van der Waals surface area contributed by atoms with Crippen molar-refractivity contribution in [1.29, 1.82) is 0 Å². The summed E-state index contributed by atoms with van der Waals surface area (Å²) in [5.74, 6) is 1.000. The van der Waals surface area contributed by atoms with Gasteiger partial charge in [-0.15, -0.1) is 0 Å².